The fourth-order valence-corrected chi connectivity index (χ4v) is 6.42. The van der Waals surface area contributed by atoms with Crippen molar-refractivity contribution in [1.29, 1.82) is 0 Å². The van der Waals surface area contributed by atoms with Gasteiger partial charge in [-0.2, -0.15) is 0 Å². The number of imide groups is 1. The first-order valence-corrected chi connectivity index (χ1v) is 12.2. The van der Waals surface area contributed by atoms with Gasteiger partial charge in [0.15, 0.2) is 15.0 Å². The van der Waals surface area contributed by atoms with Gasteiger partial charge in [-0.3, -0.25) is 15.4 Å². The Morgan fingerprint density at radius 2 is 1.90 bits per heavy atom. The lowest BCUT2D eigenvalue weighted by atomic mass is 9.93. The second-order valence-corrected chi connectivity index (χ2v) is 10.8. The molecule has 3 N–H and O–H groups in total. The Morgan fingerprint density at radius 1 is 1.16 bits per heavy atom. The summed E-state index contributed by atoms with van der Waals surface area (Å²) in [5, 5.41) is 7.86. The summed E-state index contributed by atoms with van der Waals surface area (Å²) in [6, 6.07) is 10.6. The van der Waals surface area contributed by atoms with Crippen molar-refractivity contribution < 1.29 is 18.0 Å². The molecule has 0 atom stereocenters. The molecule has 0 saturated heterocycles. The average Bonchev–Trinajstić information content (AvgIpc) is 3.08. The third-order valence-corrected chi connectivity index (χ3v) is 8.63. The number of carbonyl (C=O) groups is 2. The number of hydrogen-bond acceptors (Lipinski definition) is 7. The molecule has 4 rings (SSSR count). The van der Waals surface area contributed by atoms with E-state index >= 15 is 0 Å². The van der Waals surface area contributed by atoms with Crippen LogP contribution in [0.3, 0.4) is 0 Å². The third-order valence-electron chi connectivity index (χ3n) is 5.20. The van der Waals surface area contributed by atoms with E-state index in [1.807, 2.05) is 7.05 Å². The zero-order valence-corrected chi connectivity index (χ0v) is 18.8. The average molecular weight is 479 g/mol. The number of anilines is 1. The van der Waals surface area contributed by atoms with E-state index in [4.69, 9.17) is 11.6 Å². The fourth-order valence-electron chi connectivity index (χ4n) is 3.33. The number of amides is 3. The van der Waals surface area contributed by atoms with Gasteiger partial charge >= 0.3 is 6.03 Å². The summed E-state index contributed by atoms with van der Waals surface area (Å²) in [4.78, 5) is 28.9. The molecule has 3 amide bonds. The van der Waals surface area contributed by atoms with Crippen LogP contribution in [0, 0.1) is 0 Å². The minimum Gasteiger partial charge on any atom is -0.317 e. The molecular formula is C20H19ClN4O4S2. The molecule has 162 valence electrons. The molecule has 3 aromatic rings. The number of hydrogen-bond donors (Lipinski definition) is 3. The predicted octanol–water partition coefficient (Wildman–Crippen LogP) is 3.44. The largest absolute Gasteiger partial charge is 0.327 e. The van der Waals surface area contributed by atoms with Crippen molar-refractivity contribution >= 4 is 60.1 Å². The lowest BCUT2D eigenvalue weighted by Gasteiger charge is -2.34. The van der Waals surface area contributed by atoms with Crippen LogP contribution in [0.5, 0.6) is 0 Å². The maximum atomic E-state index is 12.8. The van der Waals surface area contributed by atoms with Crippen LogP contribution < -0.4 is 16.0 Å². The maximum absolute atomic E-state index is 12.8. The second kappa shape index (κ2) is 8.54. The number of halogens is 1. The lowest BCUT2D eigenvalue weighted by Crippen LogP contribution is -2.46. The smallest absolute Gasteiger partial charge is 0.317 e. The first-order chi connectivity index (χ1) is 14.8. The van der Waals surface area contributed by atoms with E-state index in [2.05, 4.69) is 20.9 Å². The molecule has 11 heteroatoms. The zero-order chi connectivity index (χ0) is 22.2. The summed E-state index contributed by atoms with van der Waals surface area (Å²) in [7, 11) is -1.60. The Bertz CT molecular complexity index is 1270. The number of rotatable bonds is 5. The first-order valence-electron chi connectivity index (χ1n) is 9.46. The minimum atomic E-state index is -3.42. The van der Waals surface area contributed by atoms with E-state index in [1.165, 1.54) is 12.1 Å². The van der Waals surface area contributed by atoms with Gasteiger partial charge in [0.2, 0.25) is 0 Å². The highest BCUT2D eigenvalue weighted by molar-refractivity contribution is 7.92. The van der Waals surface area contributed by atoms with Crippen LogP contribution in [0.2, 0.25) is 5.02 Å². The van der Waals surface area contributed by atoms with Gasteiger partial charge in [0.05, 0.1) is 30.9 Å². The highest BCUT2D eigenvalue weighted by Gasteiger charge is 2.38. The van der Waals surface area contributed by atoms with E-state index in [-0.39, 0.29) is 26.7 Å². The monoisotopic (exact) mass is 478 g/mol. The first kappa shape index (κ1) is 21.7. The van der Waals surface area contributed by atoms with Crippen LogP contribution in [0.1, 0.15) is 23.2 Å². The number of carbonyl (C=O) groups excluding carboxylic acids is 2. The standard InChI is InChI=1S/C20H19ClN4O4S2/c1-22-11-8-13(9-11)31(28,29)12-6-7-16-17(10-12)30-20(23-16)25-19(27)24-18(26)14-4-2-3-5-15(14)21/h2-7,10-11,13,22H,8-9H2,1H3,(H2,23,24,25,26,27). The predicted molar refractivity (Wildman–Crippen MR) is 121 cm³/mol. The summed E-state index contributed by atoms with van der Waals surface area (Å²) in [6.45, 7) is 0. The molecule has 0 unspecified atom stereocenters. The zero-order valence-electron chi connectivity index (χ0n) is 16.4. The van der Waals surface area contributed by atoms with Crippen LogP contribution in [0.4, 0.5) is 9.93 Å². The maximum Gasteiger partial charge on any atom is 0.327 e. The summed E-state index contributed by atoms with van der Waals surface area (Å²) >= 11 is 7.09. The van der Waals surface area contributed by atoms with Crippen LogP contribution in [0.15, 0.2) is 47.4 Å². The number of aromatic nitrogens is 1. The molecule has 2 aromatic carbocycles. The fraction of sp³-hybridized carbons (Fsp3) is 0.250. The number of sulfone groups is 1. The Kier molecular flexibility index (Phi) is 5.98. The van der Waals surface area contributed by atoms with E-state index in [0.29, 0.717) is 23.1 Å². The van der Waals surface area contributed by atoms with Crippen molar-refractivity contribution in [2.75, 3.05) is 12.4 Å². The molecule has 1 fully saturated rings. The Balaban J connectivity index is 1.46. The molecule has 31 heavy (non-hydrogen) atoms. The van der Waals surface area contributed by atoms with Crippen LogP contribution in [-0.2, 0) is 9.84 Å². The van der Waals surface area contributed by atoms with E-state index in [1.54, 1.807) is 30.3 Å². The Labute approximate surface area is 187 Å². The number of benzene rings is 2. The second-order valence-electron chi connectivity index (χ2n) is 7.16. The molecule has 1 heterocycles. The Hall–Kier alpha value is -2.53. The number of fused-ring (bicyclic) bond motifs is 1. The number of nitrogens with one attached hydrogen (secondary N) is 3. The third kappa shape index (κ3) is 4.42. The molecule has 1 aromatic heterocycles. The quantitative estimate of drug-likeness (QED) is 0.517. The number of thiazole rings is 1. The van der Waals surface area contributed by atoms with E-state index in [0.717, 1.165) is 11.3 Å². The topological polar surface area (TPSA) is 117 Å². The molecule has 1 saturated carbocycles. The van der Waals surface area contributed by atoms with Crippen LogP contribution in [0.25, 0.3) is 10.2 Å². The lowest BCUT2D eigenvalue weighted by molar-refractivity contribution is 0.0967. The SMILES string of the molecule is CNC1CC(S(=O)(=O)c2ccc3nc(NC(=O)NC(=O)c4ccccc4Cl)sc3c2)C1. The molecule has 0 aliphatic heterocycles. The van der Waals surface area contributed by atoms with Crippen molar-refractivity contribution in [3.8, 4) is 0 Å². The summed E-state index contributed by atoms with van der Waals surface area (Å²) in [6.07, 6.45) is 1.18. The van der Waals surface area contributed by atoms with Crippen LogP contribution in [-0.4, -0.2) is 43.7 Å². The Morgan fingerprint density at radius 3 is 2.61 bits per heavy atom. The van der Waals surface area contributed by atoms with Crippen molar-refractivity contribution in [1.82, 2.24) is 15.6 Å². The van der Waals surface area contributed by atoms with Gasteiger partial charge in [0.25, 0.3) is 5.91 Å². The van der Waals surface area contributed by atoms with E-state index < -0.39 is 27.0 Å². The van der Waals surface area contributed by atoms with Gasteiger partial charge in [-0.25, -0.2) is 18.2 Å². The molecule has 8 nitrogen and oxygen atoms in total. The van der Waals surface area contributed by atoms with Gasteiger partial charge in [0.1, 0.15) is 0 Å². The highest BCUT2D eigenvalue weighted by Crippen LogP contribution is 2.34. The van der Waals surface area contributed by atoms with Crippen molar-refractivity contribution in [3.05, 3.63) is 53.1 Å². The van der Waals surface area contributed by atoms with Crippen molar-refractivity contribution in [3.63, 3.8) is 0 Å². The normalized spacial score (nSPS) is 18.4. The molecular weight excluding hydrogens is 460 g/mol. The van der Waals surface area contributed by atoms with Crippen LogP contribution >= 0.6 is 22.9 Å². The van der Waals surface area contributed by atoms with Crippen molar-refractivity contribution in [2.24, 2.45) is 0 Å². The molecule has 0 spiro atoms. The molecule has 0 bridgehead atoms. The summed E-state index contributed by atoms with van der Waals surface area (Å²) in [5.74, 6) is -0.641. The minimum absolute atomic E-state index is 0.176. The molecule has 1 aliphatic carbocycles. The molecule has 0 radical (unpaired) electrons. The van der Waals surface area contributed by atoms with Gasteiger partial charge < -0.3 is 5.32 Å². The van der Waals surface area contributed by atoms with Crippen molar-refractivity contribution in [2.45, 2.75) is 29.0 Å². The van der Waals surface area contributed by atoms with E-state index in [9.17, 15) is 18.0 Å². The van der Waals surface area contributed by atoms with Gasteiger partial charge in [-0.15, -0.1) is 0 Å². The van der Waals surface area contributed by atoms with Gasteiger partial charge in [-0.1, -0.05) is 35.1 Å². The highest BCUT2D eigenvalue weighted by atomic mass is 35.5. The number of urea groups is 1. The van der Waals surface area contributed by atoms with Gasteiger partial charge in [0, 0.05) is 6.04 Å². The summed E-state index contributed by atoms with van der Waals surface area (Å²) < 4.78 is 26.3. The number of nitrogens with zero attached hydrogens (tertiary/aromatic N) is 1. The molecule has 1 aliphatic rings. The summed E-state index contributed by atoms with van der Waals surface area (Å²) in [5.41, 5.74) is 0.730. The van der Waals surface area contributed by atoms with Gasteiger partial charge in [-0.05, 0) is 50.2 Å².